The van der Waals surface area contributed by atoms with Gasteiger partial charge in [0, 0.05) is 50.4 Å². The third-order valence-electron chi connectivity index (χ3n) is 5.80. The summed E-state index contributed by atoms with van der Waals surface area (Å²) in [5, 5.41) is 0. The first-order valence-corrected chi connectivity index (χ1v) is 8.31. The summed E-state index contributed by atoms with van der Waals surface area (Å²) in [4.78, 5) is 28.1. The Balaban J connectivity index is 1.37. The molecule has 0 aromatic heterocycles. The molecule has 4 aliphatic rings. The van der Waals surface area contributed by atoms with Gasteiger partial charge < -0.3 is 14.5 Å². The molecule has 4 fully saturated rings. The summed E-state index contributed by atoms with van der Waals surface area (Å²) in [6, 6.07) is 0. The van der Waals surface area contributed by atoms with Gasteiger partial charge in [-0.25, -0.2) is 0 Å². The zero-order valence-corrected chi connectivity index (χ0v) is 12.7. The van der Waals surface area contributed by atoms with Gasteiger partial charge in [-0.05, 0) is 18.8 Å². The monoisotopic (exact) mass is 292 g/mol. The summed E-state index contributed by atoms with van der Waals surface area (Å²) < 4.78 is 5.91. The molecule has 0 N–H and O–H groups in total. The van der Waals surface area contributed by atoms with Crippen LogP contribution in [0.3, 0.4) is 0 Å². The van der Waals surface area contributed by atoms with Crippen molar-refractivity contribution in [3.8, 4) is 0 Å². The summed E-state index contributed by atoms with van der Waals surface area (Å²) in [6.07, 6.45) is 2.94. The minimum atomic E-state index is 0.200. The number of ether oxygens (including phenoxy) is 1. The van der Waals surface area contributed by atoms with Gasteiger partial charge in [0.2, 0.25) is 11.8 Å². The van der Waals surface area contributed by atoms with Gasteiger partial charge in [-0.2, -0.15) is 0 Å². The molecule has 0 aromatic rings. The lowest BCUT2D eigenvalue weighted by Gasteiger charge is -2.24. The minimum Gasteiger partial charge on any atom is -0.376 e. The highest BCUT2D eigenvalue weighted by Gasteiger charge is 2.49. The largest absolute Gasteiger partial charge is 0.376 e. The maximum absolute atomic E-state index is 12.4. The molecule has 21 heavy (non-hydrogen) atoms. The molecule has 2 amide bonds. The molecular formula is C16H24N2O3. The maximum atomic E-state index is 12.4. The van der Waals surface area contributed by atoms with E-state index < -0.39 is 0 Å². The van der Waals surface area contributed by atoms with Gasteiger partial charge in [-0.3, -0.25) is 9.59 Å². The highest BCUT2D eigenvalue weighted by atomic mass is 16.5. The maximum Gasteiger partial charge on any atom is 0.226 e. The van der Waals surface area contributed by atoms with Crippen molar-refractivity contribution in [2.75, 3.05) is 32.8 Å². The van der Waals surface area contributed by atoms with Crippen LogP contribution >= 0.6 is 0 Å². The molecule has 0 bridgehead atoms. The van der Waals surface area contributed by atoms with Crippen molar-refractivity contribution in [2.24, 2.45) is 23.7 Å². The number of rotatable bonds is 3. The fourth-order valence-electron chi connectivity index (χ4n) is 4.25. The van der Waals surface area contributed by atoms with E-state index in [-0.39, 0.29) is 17.9 Å². The SMILES string of the molecule is C[C@H]1C[C@@H]1C(=O)N1C[C@@H]2[C@H](CN3CCCC3=O)CO[C@@H]2C1. The predicted octanol–water partition coefficient (Wildman–Crippen LogP) is 0.738. The Bertz CT molecular complexity index is 466. The van der Waals surface area contributed by atoms with Crippen LogP contribution in [-0.2, 0) is 14.3 Å². The van der Waals surface area contributed by atoms with E-state index in [1.165, 1.54) is 0 Å². The lowest BCUT2D eigenvalue weighted by atomic mass is 9.93. The normalized spacial score (nSPS) is 41.8. The molecule has 0 aromatic carbocycles. The molecule has 0 radical (unpaired) electrons. The summed E-state index contributed by atoms with van der Waals surface area (Å²) in [7, 11) is 0. The third-order valence-corrected chi connectivity index (χ3v) is 5.80. The van der Waals surface area contributed by atoms with E-state index in [0.717, 1.165) is 45.6 Å². The van der Waals surface area contributed by atoms with Crippen LogP contribution in [0.15, 0.2) is 0 Å². The Labute approximate surface area is 125 Å². The molecule has 3 heterocycles. The molecule has 3 saturated heterocycles. The number of carbonyl (C=O) groups is 2. The second-order valence-corrected chi connectivity index (χ2v) is 7.30. The Morgan fingerprint density at radius 1 is 1.38 bits per heavy atom. The van der Waals surface area contributed by atoms with Gasteiger partial charge in [-0.15, -0.1) is 0 Å². The standard InChI is InChI=1S/C16H24N2O3/c1-10-5-12(10)16(20)18-7-13-11(9-21-14(13)8-18)6-17-4-2-3-15(17)19/h10-14H,2-9H2,1H3/t10-,11+,12-,13+,14+/m0/s1. The first-order chi connectivity index (χ1) is 10.1. The number of carbonyl (C=O) groups excluding carboxylic acids is 2. The Morgan fingerprint density at radius 2 is 2.19 bits per heavy atom. The van der Waals surface area contributed by atoms with Gasteiger partial charge in [0.15, 0.2) is 0 Å². The first kappa shape index (κ1) is 13.6. The molecule has 1 aliphatic carbocycles. The van der Waals surface area contributed by atoms with Crippen molar-refractivity contribution in [3.63, 3.8) is 0 Å². The van der Waals surface area contributed by atoms with E-state index in [1.54, 1.807) is 0 Å². The number of hydrogen-bond acceptors (Lipinski definition) is 3. The highest BCUT2D eigenvalue weighted by Crippen LogP contribution is 2.42. The van der Waals surface area contributed by atoms with Crippen LogP contribution in [0.2, 0.25) is 0 Å². The second-order valence-electron chi connectivity index (χ2n) is 7.30. The van der Waals surface area contributed by atoms with Crippen LogP contribution in [0, 0.1) is 23.7 Å². The molecule has 4 rings (SSSR count). The van der Waals surface area contributed by atoms with Gasteiger partial charge in [0.05, 0.1) is 12.7 Å². The van der Waals surface area contributed by atoms with Crippen LogP contribution in [0.4, 0.5) is 0 Å². The Hall–Kier alpha value is -1.10. The third kappa shape index (κ3) is 2.35. The zero-order chi connectivity index (χ0) is 14.6. The van der Waals surface area contributed by atoms with E-state index in [2.05, 4.69) is 6.92 Å². The quantitative estimate of drug-likeness (QED) is 0.771. The van der Waals surface area contributed by atoms with E-state index in [1.807, 2.05) is 9.80 Å². The van der Waals surface area contributed by atoms with Crippen LogP contribution in [0.25, 0.3) is 0 Å². The van der Waals surface area contributed by atoms with Crippen molar-refractivity contribution in [1.82, 2.24) is 9.80 Å². The van der Waals surface area contributed by atoms with Crippen LogP contribution in [0.5, 0.6) is 0 Å². The lowest BCUT2D eigenvalue weighted by molar-refractivity contribution is -0.133. The number of amides is 2. The molecule has 5 heteroatoms. The lowest BCUT2D eigenvalue weighted by Crippen LogP contribution is -2.36. The van der Waals surface area contributed by atoms with E-state index in [0.29, 0.717) is 30.1 Å². The Kier molecular flexibility index (Phi) is 3.21. The Morgan fingerprint density at radius 3 is 2.86 bits per heavy atom. The van der Waals surface area contributed by atoms with Gasteiger partial charge >= 0.3 is 0 Å². The van der Waals surface area contributed by atoms with Crippen molar-refractivity contribution in [3.05, 3.63) is 0 Å². The summed E-state index contributed by atoms with van der Waals surface area (Å²) in [5.41, 5.74) is 0. The number of hydrogen-bond donors (Lipinski definition) is 0. The predicted molar refractivity (Wildman–Crippen MR) is 76.4 cm³/mol. The highest BCUT2D eigenvalue weighted by molar-refractivity contribution is 5.82. The summed E-state index contributed by atoms with van der Waals surface area (Å²) in [5.74, 6) is 2.29. The van der Waals surface area contributed by atoms with Crippen LogP contribution < -0.4 is 0 Å². The molecular weight excluding hydrogens is 268 g/mol. The van der Waals surface area contributed by atoms with E-state index in [4.69, 9.17) is 4.74 Å². The van der Waals surface area contributed by atoms with Gasteiger partial charge in [-0.1, -0.05) is 6.92 Å². The smallest absolute Gasteiger partial charge is 0.226 e. The van der Waals surface area contributed by atoms with E-state index in [9.17, 15) is 9.59 Å². The molecule has 1 saturated carbocycles. The van der Waals surface area contributed by atoms with Crippen molar-refractivity contribution < 1.29 is 14.3 Å². The number of nitrogens with zero attached hydrogens (tertiary/aromatic N) is 2. The topological polar surface area (TPSA) is 49.9 Å². The molecule has 3 aliphatic heterocycles. The minimum absolute atomic E-state index is 0.200. The van der Waals surface area contributed by atoms with Crippen molar-refractivity contribution in [1.29, 1.82) is 0 Å². The number of fused-ring (bicyclic) bond motifs is 1. The summed E-state index contributed by atoms with van der Waals surface area (Å²) >= 11 is 0. The van der Waals surface area contributed by atoms with E-state index >= 15 is 0 Å². The second kappa shape index (κ2) is 4.97. The summed E-state index contributed by atoms with van der Waals surface area (Å²) in [6.45, 7) is 6.21. The number of likely N-dealkylation sites (tertiary alicyclic amines) is 2. The van der Waals surface area contributed by atoms with Crippen LogP contribution in [-0.4, -0.2) is 60.5 Å². The van der Waals surface area contributed by atoms with Crippen LogP contribution in [0.1, 0.15) is 26.2 Å². The molecule has 5 nitrogen and oxygen atoms in total. The fourth-order valence-corrected chi connectivity index (χ4v) is 4.25. The van der Waals surface area contributed by atoms with Crippen molar-refractivity contribution in [2.45, 2.75) is 32.3 Å². The molecule has 0 unspecified atom stereocenters. The molecule has 116 valence electrons. The van der Waals surface area contributed by atoms with Crippen molar-refractivity contribution >= 4 is 11.8 Å². The van der Waals surface area contributed by atoms with Gasteiger partial charge in [0.1, 0.15) is 0 Å². The first-order valence-electron chi connectivity index (χ1n) is 8.31. The zero-order valence-electron chi connectivity index (χ0n) is 12.7. The fraction of sp³-hybridized carbons (Fsp3) is 0.875. The average Bonchev–Trinajstić information content (AvgIpc) is 2.83. The average molecular weight is 292 g/mol. The molecule has 5 atom stereocenters. The van der Waals surface area contributed by atoms with Gasteiger partial charge in [0.25, 0.3) is 0 Å². The molecule has 0 spiro atoms.